The van der Waals surface area contributed by atoms with E-state index in [1.54, 1.807) is 43.5 Å². The Morgan fingerprint density at radius 3 is 2.55 bits per heavy atom. The lowest BCUT2D eigenvalue weighted by atomic mass is 10.3. The maximum Gasteiger partial charge on any atom is 0.264 e. The number of methoxy groups -OCH3 is 1. The molecule has 29 heavy (non-hydrogen) atoms. The van der Waals surface area contributed by atoms with E-state index in [0.29, 0.717) is 28.9 Å². The van der Waals surface area contributed by atoms with Gasteiger partial charge in [0.25, 0.3) is 5.89 Å². The molecule has 0 bridgehead atoms. The summed E-state index contributed by atoms with van der Waals surface area (Å²) < 4.78 is 42.2. The largest absolute Gasteiger partial charge is 0.497 e. The molecule has 3 aromatic rings. The normalized spacial score (nSPS) is 11.6. The maximum absolute atomic E-state index is 12.6. The Balaban J connectivity index is 1.54. The van der Waals surface area contributed by atoms with Gasteiger partial charge in [0, 0.05) is 25.0 Å². The van der Waals surface area contributed by atoms with Crippen molar-refractivity contribution >= 4 is 21.6 Å². The fourth-order valence-electron chi connectivity index (χ4n) is 2.45. The third-order valence-electron chi connectivity index (χ3n) is 4.09. The lowest BCUT2D eigenvalue weighted by Gasteiger charge is -2.16. The lowest BCUT2D eigenvalue weighted by molar-refractivity contribution is 0.242. The van der Waals surface area contributed by atoms with Gasteiger partial charge in [-0.05, 0) is 42.5 Å². The van der Waals surface area contributed by atoms with Gasteiger partial charge in [-0.3, -0.25) is 0 Å². The molecule has 0 fully saturated rings. The SMILES string of the molecule is COc1ccc(OCc2nc(CCN(C)S(=O)(=O)c3cccc(Cl)c3)no2)cc1. The molecule has 0 atom stereocenters. The molecule has 0 saturated heterocycles. The molecule has 10 heteroatoms. The summed E-state index contributed by atoms with van der Waals surface area (Å²) in [5.41, 5.74) is 0. The Morgan fingerprint density at radius 2 is 1.86 bits per heavy atom. The number of halogens is 1. The zero-order valence-electron chi connectivity index (χ0n) is 15.9. The highest BCUT2D eigenvalue weighted by Crippen LogP contribution is 2.19. The summed E-state index contributed by atoms with van der Waals surface area (Å²) in [4.78, 5) is 4.36. The van der Waals surface area contributed by atoms with E-state index in [1.165, 1.54) is 23.5 Å². The minimum Gasteiger partial charge on any atom is -0.497 e. The number of aromatic nitrogens is 2. The summed E-state index contributed by atoms with van der Waals surface area (Å²) in [6, 6.07) is 13.2. The Hall–Kier alpha value is -2.62. The second kappa shape index (κ2) is 9.25. The number of likely N-dealkylation sites (N-methyl/N-ethyl adjacent to an activating group) is 1. The van der Waals surface area contributed by atoms with Crippen molar-refractivity contribution < 1.29 is 22.4 Å². The van der Waals surface area contributed by atoms with E-state index in [-0.39, 0.29) is 18.0 Å². The van der Waals surface area contributed by atoms with Gasteiger partial charge in [0.15, 0.2) is 12.4 Å². The molecule has 0 radical (unpaired) electrons. The molecule has 2 aromatic carbocycles. The molecule has 0 aliphatic carbocycles. The molecule has 0 aliphatic rings. The first-order valence-electron chi connectivity index (χ1n) is 8.68. The monoisotopic (exact) mass is 437 g/mol. The summed E-state index contributed by atoms with van der Waals surface area (Å²) >= 11 is 5.89. The molecular formula is C19H20ClN3O5S. The molecule has 154 valence electrons. The van der Waals surface area contributed by atoms with Crippen LogP contribution in [0.1, 0.15) is 11.7 Å². The van der Waals surface area contributed by atoms with Crippen LogP contribution in [0.2, 0.25) is 5.02 Å². The van der Waals surface area contributed by atoms with E-state index in [9.17, 15) is 8.42 Å². The first kappa shape index (κ1) is 21.1. The van der Waals surface area contributed by atoms with Crippen LogP contribution in [0.4, 0.5) is 0 Å². The predicted molar refractivity (Wildman–Crippen MR) is 107 cm³/mol. The van der Waals surface area contributed by atoms with Crippen LogP contribution in [0.5, 0.6) is 11.5 Å². The number of rotatable bonds is 9. The van der Waals surface area contributed by atoms with Crippen molar-refractivity contribution in [3.8, 4) is 11.5 Å². The number of hydrogen-bond donors (Lipinski definition) is 0. The molecular weight excluding hydrogens is 418 g/mol. The molecule has 0 saturated carbocycles. The van der Waals surface area contributed by atoms with Gasteiger partial charge in [0.2, 0.25) is 10.0 Å². The first-order chi connectivity index (χ1) is 13.9. The van der Waals surface area contributed by atoms with Crippen LogP contribution in [-0.4, -0.2) is 43.6 Å². The summed E-state index contributed by atoms with van der Waals surface area (Å²) in [5.74, 6) is 2.06. The summed E-state index contributed by atoms with van der Waals surface area (Å²) in [6.07, 6.45) is 0.294. The molecule has 0 unspecified atom stereocenters. The molecule has 0 amide bonds. The quantitative estimate of drug-likeness (QED) is 0.507. The lowest BCUT2D eigenvalue weighted by Crippen LogP contribution is -2.29. The van der Waals surface area contributed by atoms with Crippen LogP contribution < -0.4 is 9.47 Å². The summed E-state index contributed by atoms with van der Waals surface area (Å²) in [7, 11) is -0.568. The Morgan fingerprint density at radius 1 is 1.14 bits per heavy atom. The van der Waals surface area contributed by atoms with Crippen molar-refractivity contribution in [2.24, 2.45) is 0 Å². The minimum absolute atomic E-state index is 0.107. The standard InChI is InChI=1S/C19H20ClN3O5S/c1-23(29(24,25)17-5-3-4-14(20)12-17)11-10-18-21-19(28-22-18)13-27-16-8-6-15(26-2)7-9-16/h3-9,12H,10-11,13H2,1-2H3. The van der Waals surface area contributed by atoms with Crippen LogP contribution in [-0.2, 0) is 23.1 Å². The van der Waals surface area contributed by atoms with E-state index >= 15 is 0 Å². The minimum atomic E-state index is -3.65. The highest BCUT2D eigenvalue weighted by molar-refractivity contribution is 7.89. The van der Waals surface area contributed by atoms with E-state index in [1.807, 2.05) is 0 Å². The third-order valence-corrected chi connectivity index (χ3v) is 6.17. The van der Waals surface area contributed by atoms with Gasteiger partial charge in [-0.25, -0.2) is 12.7 Å². The van der Waals surface area contributed by atoms with Crippen LogP contribution in [0, 0.1) is 0 Å². The topological polar surface area (TPSA) is 94.8 Å². The highest BCUT2D eigenvalue weighted by atomic mass is 35.5. The van der Waals surface area contributed by atoms with E-state index in [0.717, 1.165) is 5.75 Å². The van der Waals surface area contributed by atoms with Gasteiger partial charge in [0.05, 0.1) is 12.0 Å². The molecule has 0 aliphatic heterocycles. The van der Waals surface area contributed by atoms with Crippen LogP contribution in [0.25, 0.3) is 0 Å². The van der Waals surface area contributed by atoms with Crippen molar-refractivity contribution in [2.45, 2.75) is 17.9 Å². The van der Waals surface area contributed by atoms with Gasteiger partial charge < -0.3 is 14.0 Å². The van der Waals surface area contributed by atoms with Gasteiger partial charge in [-0.15, -0.1) is 0 Å². The van der Waals surface area contributed by atoms with E-state index < -0.39 is 10.0 Å². The smallest absolute Gasteiger partial charge is 0.264 e. The number of sulfonamides is 1. The van der Waals surface area contributed by atoms with Gasteiger partial charge in [-0.2, -0.15) is 4.98 Å². The van der Waals surface area contributed by atoms with Gasteiger partial charge in [-0.1, -0.05) is 22.8 Å². The number of nitrogens with zero attached hydrogens (tertiary/aromatic N) is 3. The molecule has 8 nitrogen and oxygen atoms in total. The Bertz CT molecular complexity index is 1050. The predicted octanol–water partition coefficient (Wildman–Crippen LogP) is 3.17. The average Bonchev–Trinajstić information content (AvgIpc) is 3.18. The van der Waals surface area contributed by atoms with Crippen molar-refractivity contribution in [1.29, 1.82) is 0 Å². The van der Waals surface area contributed by atoms with Crippen LogP contribution in [0.3, 0.4) is 0 Å². The zero-order valence-corrected chi connectivity index (χ0v) is 17.5. The Labute approximate surface area is 174 Å². The molecule has 0 N–H and O–H groups in total. The van der Waals surface area contributed by atoms with Gasteiger partial charge in [0.1, 0.15) is 11.5 Å². The van der Waals surface area contributed by atoms with Gasteiger partial charge >= 0.3 is 0 Å². The highest BCUT2D eigenvalue weighted by Gasteiger charge is 2.21. The third kappa shape index (κ3) is 5.47. The second-order valence-electron chi connectivity index (χ2n) is 6.10. The van der Waals surface area contributed by atoms with E-state index in [4.69, 9.17) is 25.6 Å². The molecule has 1 aromatic heterocycles. The summed E-state index contributed by atoms with van der Waals surface area (Å²) in [6.45, 7) is 0.295. The fourth-order valence-corrected chi connectivity index (χ4v) is 3.93. The maximum atomic E-state index is 12.6. The first-order valence-corrected chi connectivity index (χ1v) is 10.5. The number of benzene rings is 2. The fraction of sp³-hybridized carbons (Fsp3) is 0.263. The van der Waals surface area contributed by atoms with E-state index in [2.05, 4.69) is 10.1 Å². The van der Waals surface area contributed by atoms with Crippen molar-refractivity contribution in [3.63, 3.8) is 0 Å². The van der Waals surface area contributed by atoms with Crippen molar-refractivity contribution in [1.82, 2.24) is 14.4 Å². The zero-order chi connectivity index (χ0) is 20.9. The molecule has 1 heterocycles. The summed E-state index contributed by atoms with van der Waals surface area (Å²) in [5, 5.41) is 4.23. The number of ether oxygens (including phenoxy) is 2. The molecule has 0 spiro atoms. The van der Waals surface area contributed by atoms with Crippen molar-refractivity contribution in [2.75, 3.05) is 20.7 Å². The average molecular weight is 438 g/mol. The number of hydrogen-bond acceptors (Lipinski definition) is 7. The second-order valence-corrected chi connectivity index (χ2v) is 8.58. The van der Waals surface area contributed by atoms with Crippen molar-refractivity contribution in [3.05, 3.63) is 65.3 Å². The van der Waals surface area contributed by atoms with Crippen LogP contribution in [0.15, 0.2) is 57.9 Å². The van der Waals surface area contributed by atoms with Crippen LogP contribution >= 0.6 is 11.6 Å². The molecule has 3 rings (SSSR count). The Kier molecular flexibility index (Phi) is 6.73.